The van der Waals surface area contributed by atoms with Gasteiger partial charge in [-0.25, -0.2) is 4.98 Å². The van der Waals surface area contributed by atoms with E-state index in [-0.39, 0.29) is 11.9 Å². The first kappa shape index (κ1) is 15.4. The number of benzene rings is 1. The molecule has 7 heteroatoms. The zero-order valence-corrected chi connectivity index (χ0v) is 13.4. The van der Waals surface area contributed by atoms with Gasteiger partial charge in [-0.05, 0) is 40.9 Å². The Hall–Kier alpha value is -2.02. The van der Waals surface area contributed by atoms with Gasteiger partial charge >= 0.3 is 0 Å². The van der Waals surface area contributed by atoms with E-state index in [0.717, 1.165) is 24.2 Å². The number of halogens is 1. The molecule has 2 rings (SSSR count). The molecule has 0 spiro atoms. The van der Waals surface area contributed by atoms with Gasteiger partial charge in [0.1, 0.15) is 0 Å². The highest BCUT2D eigenvalue weighted by atomic mass is 79.9. The monoisotopic (exact) mass is 349 g/mol. The van der Waals surface area contributed by atoms with E-state index in [1.54, 1.807) is 18.2 Å². The molecule has 0 bridgehead atoms. The maximum absolute atomic E-state index is 12.2. The predicted octanol–water partition coefficient (Wildman–Crippen LogP) is 2.59. The number of hydrogen-bond donors (Lipinski definition) is 2. The Morgan fingerprint density at radius 2 is 1.95 bits per heavy atom. The van der Waals surface area contributed by atoms with E-state index in [2.05, 4.69) is 36.4 Å². The van der Waals surface area contributed by atoms with Crippen molar-refractivity contribution in [2.75, 3.05) is 11.1 Å². The highest BCUT2D eigenvalue weighted by molar-refractivity contribution is 9.10. The summed E-state index contributed by atoms with van der Waals surface area (Å²) in [6, 6.07) is 5.10. The van der Waals surface area contributed by atoms with Crippen LogP contribution in [0.4, 0.5) is 11.6 Å². The van der Waals surface area contributed by atoms with Gasteiger partial charge in [0.05, 0.1) is 21.4 Å². The van der Waals surface area contributed by atoms with Crippen molar-refractivity contribution >= 4 is 33.5 Å². The lowest BCUT2D eigenvalue weighted by molar-refractivity contribution is 0.102. The molecule has 3 N–H and O–H groups in total. The van der Waals surface area contributed by atoms with Crippen molar-refractivity contribution in [2.45, 2.75) is 26.7 Å². The molecule has 0 fully saturated rings. The highest BCUT2D eigenvalue weighted by Gasteiger charge is 2.14. The quantitative estimate of drug-likeness (QED) is 0.827. The molecule has 0 aliphatic carbocycles. The Morgan fingerprint density at radius 1 is 1.24 bits per heavy atom. The lowest BCUT2D eigenvalue weighted by atomic mass is 10.2. The molecule has 0 saturated heterocycles. The summed E-state index contributed by atoms with van der Waals surface area (Å²) in [7, 11) is 0. The molecule has 110 valence electrons. The molecule has 1 aromatic carbocycles. The number of aromatic nitrogens is 3. The van der Waals surface area contributed by atoms with Crippen LogP contribution in [0.5, 0.6) is 0 Å². The molecule has 1 aromatic heterocycles. The van der Waals surface area contributed by atoms with Crippen molar-refractivity contribution in [3.05, 3.63) is 39.6 Å². The molecule has 0 saturated carbocycles. The van der Waals surface area contributed by atoms with E-state index in [9.17, 15) is 4.79 Å². The van der Waals surface area contributed by atoms with Gasteiger partial charge in [0.15, 0.2) is 0 Å². The summed E-state index contributed by atoms with van der Waals surface area (Å²) in [6.07, 6.45) is 1.50. The largest absolute Gasteiger partial charge is 0.398 e. The molecule has 0 atom stereocenters. The number of aryl methyl sites for hydroxylation is 2. The van der Waals surface area contributed by atoms with Crippen LogP contribution in [0.1, 0.15) is 35.6 Å². The maximum Gasteiger partial charge on any atom is 0.259 e. The Kier molecular flexibility index (Phi) is 4.85. The van der Waals surface area contributed by atoms with Crippen LogP contribution in [0.15, 0.2) is 22.7 Å². The van der Waals surface area contributed by atoms with Crippen molar-refractivity contribution < 1.29 is 4.79 Å². The minimum absolute atomic E-state index is 0.198. The Bertz CT molecular complexity index is 674. The molecule has 0 unspecified atom stereocenters. The van der Waals surface area contributed by atoms with E-state index in [4.69, 9.17) is 5.73 Å². The van der Waals surface area contributed by atoms with E-state index >= 15 is 0 Å². The molecule has 1 amide bonds. The highest BCUT2D eigenvalue weighted by Crippen LogP contribution is 2.24. The third-order valence-corrected chi connectivity index (χ3v) is 3.89. The van der Waals surface area contributed by atoms with Gasteiger partial charge in [-0.15, -0.1) is 10.2 Å². The van der Waals surface area contributed by atoms with Gasteiger partial charge < -0.3 is 5.73 Å². The number of nitrogens with zero attached hydrogens (tertiary/aromatic N) is 3. The van der Waals surface area contributed by atoms with Crippen molar-refractivity contribution in [3.8, 4) is 0 Å². The van der Waals surface area contributed by atoms with E-state index < -0.39 is 0 Å². The van der Waals surface area contributed by atoms with Crippen LogP contribution >= 0.6 is 15.9 Å². The maximum atomic E-state index is 12.2. The van der Waals surface area contributed by atoms with Crippen LogP contribution < -0.4 is 11.1 Å². The van der Waals surface area contributed by atoms with Crippen LogP contribution in [-0.2, 0) is 12.8 Å². The number of anilines is 2. The summed E-state index contributed by atoms with van der Waals surface area (Å²) in [5, 5.41) is 10.7. The van der Waals surface area contributed by atoms with Crippen LogP contribution in [0, 0.1) is 0 Å². The number of hydrogen-bond acceptors (Lipinski definition) is 5. The Balaban J connectivity index is 2.25. The second kappa shape index (κ2) is 6.62. The van der Waals surface area contributed by atoms with Gasteiger partial charge in [0.2, 0.25) is 5.95 Å². The first-order chi connectivity index (χ1) is 10.1. The number of nitrogens with two attached hydrogens (primary N) is 1. The number of carbonyl (C=O) groups excluding carboxylic acids is 1. The molecule has 0 aliphatic rings. The molecular formula is C14H16BrN5O. The fourth-order valence-electron chi connectivity index (χ4n) is 1.89. The van der Waals surface area contributed by atoms with Gasteiger partial charge in [0, 0.05) is 5.69 Å². The molecule has 6 nitrogen and oxygen atoms in total. The Labute approximate surface area is 131 Å². The third kappa shape index (κ3) is 3.36. The second-order valence-corrected chi connectivity index (χ2v) is 5.19. The summed E-state index contributed by atoms with van der Waals surface area (Å²) < 4.78 is 0.552. The minimum atomic E-state index is -0.331. The summed E-state index contributed by atoms with van der Waals surface area (Å²) in [4.78, 5) is 16.6. The van der Waals surface area contributed by atoms with Crippen LogP contribution in [-0.4, -0.2) is 21.1 Å². The van der Waals surface area contributed by atoms with Crippen molar-refractivity contribution in [1.29, 1.82) is 0 Å². The second-order valence-electron chi connectivity index (χ2n) is 4.40. The third-order valence-electron chi connectivity index (χ3n) is 3.01. The van der Waals surface area contributed by atoms with Gasteiger partial charge in [0.25, 0.3) is 5.91 Å². The number of nitrogen functional groups attached to an aromatic ring is 1. The van der Waals surface area contributed by atoms with Crippen LogP contribution in [0.3, 0.4) is 0 Å². The lowest BCUT2D eigenvalue weighted by Gasteiger charge is -2.09. The van der Waals surface area contributed by atoms with Crippen LogP contribution in [0.25, 0.3) is 0 Å². The zero-order chi connectivity index (χ0) is 15.4. The summed E-state index contributed by atoms with van der Waals surface area (Å²) >= 11 is 3.30. The fourth-order valence-corrected chi connectivity index (χ4v) is 2.33. The standard InChI is InChI=1S/C14H16BrN5O/c1-3-10-11(4-2)19-20-14(17-10)18-13(21)8-6-5-7-9(16)12(8)15/h5-7H,3-4,16H2,1-2H3,(H,17,18,20,21). The Morgan fingerprint density at radius 3 is 2.62 bits per heavy atom. The van der Waals surface area contributed by atoms with E-state index in [1.165, 1.54) is 0 Å². The van der Waals surface area contributed by atoms with Crippen molar-refractivity contribution in [1.82, 2.24) is 15.2 Å². The summed E-state index contributed by atoms with van der Waals surface area (Å²) in [5.41, 5.74) is 8.38. The minimum Gasteiger partial charge on any atom is -0.398 e. The summed E-state index contributed by atoms with van der Waals surface area (Å²) in [6.45, 7) is 3.98. The number of nitrogens with one attached hydrogen (secondary N) is 1. The topological polar surface area (TPSA) is 93.8 Å². The van der Waals surface area contributed by atoms with Gasteiger partial charge in [-0.1, -0.05) is 19.9 Å². The predicted molar refractivity (Wildman–Crippen MR) is 85.1 cm³/mol. The van der Waals surface area contributed by atoms with Crippen molar-refractivity contribution in [2.24, 2.45) is 0 Å². The first-order valence-electron chi connectivity index (χ1n) is 6.64. The SMILES string of the molecule is CCc1nnc(NC(=O)c2cccc(N)c2Br)nc1CC. The van der Waals surface area contributed by atoms with Gasteiger partial charge in [-0.3, -0.25) is 10.1 Å². The number of amides is 1. The molecule has 0 aliphatic heterocycles. The average Bonchev–Trinajstić information content (AvgIpc) is 2.49. The number of rotatable bonds is 4. The zero-order valence-electron chi connectivity index (χ0n) is 11.9. The molecule has 2 aromatic rings. The fraction of sp³-hybridized carbons (Fsp3) is 0.286. The molecule has 21 heavy (non-hydrogen) atoms. The average molecular weight is 350 g/mol. The first-order valence-corrected chi connectivity index (χ1v) is 7.43. The van der Waals surface area contributed by atoms with Crippen LogP contribution in [0.2, 0.25) is 0 Å². The smallest absolute Gasteiger partial charge is 0.259 e. The van der Waals surface area contributed by atoms with E-state index in [1.807, 2.05) is 13.8 Å². The number of carbonyl (C=O) groups is 1. The lowest BCUT2D eigenvalue weighted by Crippen LogP contribution is -2.17. The van der Waals surface area contributed by atoms with E-state index in [0.29, 0.717) is 15.7 Å². The normalized spacial score (nSPS) is 10.4. The molecular weight excluding hydrogens is 334 g/mol. The van der Waals surface area contributed by atoms with Crippen molar-refractivity contribution in [3.63, 3.8) is 0 Å². The van der Waals surface area contributed by atoms with Gasteiger partial charge in [-0.2, -0.15) is 0 Å². The summed E-state index contributed by atoms with van der Waals surface area (Å²) in [5.74, 6) is -0.134. The molecule has 1 heterocycles. The molecule has 0 radical (unpaired) electrons.